The van der Waals surface area contributed by atoms with E-state index in [1.165, 1.54) is 30.7 Å². The fourth-order valence-electron chi connectivity index (χ4n) is 3.43. The molecule has 218 valence electrons. The highest BCUT2D eigenvalue weighted by molar-refractivity contribution is 7.13. The molecule has 0 aliphatic heterocycles. The molecule has 0 fully saturated rings. The summed E-state index contributed by atoms with van der Waals surface area (Å²) in [5, 5.41) is 16.8. The van der Waals surface area contributed by atoms with E-state index in [4.69, 9.17) is 5.11 Å². The van der Waals surface area contributed by atoms with E-state index in [1.807, 2.05) is 0 Å². The highest BCUT2D eigenvalue weighted by atomic mass is 32.1. The average molecular weight is 595 g/mol. The number of pyridine rings is 2. The molecule has 0 radical (unpaired) electrons. The van der Waals surface area contributed by atoms with Gasteiger partial charge in [-0.1, -0.05) is 13.8 Å². The number of hydrogen-bond donors (Lipinski definition) is 6. The Morgan fingerprint density at radius 1 is 1.05 bits per heavy atom. The topological polar surface area (TPSA) is 187 Å². The monoisotopic (exact) mass is 594 g/mol. The summed E-state index contributed by atoms with van der Waals surface area (Å²) in [6.07, 6.45) is -2.28. The number of thiazole rings is 1. The smallest absolute Gasteiger partial charge is 0.434 e. The highest BCUT2D eigenvalue weighted by Crippen LogP contribution is 2.38. The Morgan fingerprint density at radius 2 is 1.78 bits per heavy atom. The zero-order valence-electron chi connectivity index (χ0n) is 21.8. The van der Waals surface area contributed by atoms with Crippen LogP contribution < -0.4 is 26.8 Å². The zero-order chi connectivity index (χ0) is 30.3. The first-order valence-electron chi connectivity index (χ1n) is 11.9. The van der Waals surface area contributed by atoms with Gasteiger partial charge < -0.3 is 15.7 Å². The summed E-state index contributed by atoms with van der Waals surface area (Å²) in [6.45, 7) is 5.25. The number of nitrogens with one attached hydrogen (secondary N) is 5. The van der Waals surface area contributed by atoms with Gasteiger partial charge in [-0.2, -0.15) is 13.2 Å². The number of hydrazine groups is 1. The fourth-order valence-corrected chi connectivity index (χ4v) is 4.28. The molecular formula is C24H25F3N8O5S. The lowest BCUT2D eigenvalue weighted by Crippen LogP contribution is -2.54. The summed E-state index contributed by atoms with van der Waals surface area (Å²) in [4.78, 5) is 59.9. The van der Waals surface area contributed by atoms with Gasteiger partial charge in [0.1, 0.15) is 16.9 Å². The van der Waals surface area contributed by atoms with E-state index < -0.39 is 47.8 Å². The second-order valence-corrected chi connectivity index (χ2v) is 9.57. The van der Waals surface area contributed by atoms with Crippen LogP contribution in [0.3, 0.4) is 0 Å². The van der Waals surface area contributed by atoms with Crippen LogP contribution in [0.1, 0.15) is 36.8 Å². The molecule has 17 heteroatoms. The van der Waals surface area contributed by atoms with Crippen LogP contribution in [-0.4, -0.2) is 56.6 Å². The number of amides is 5. The predicted octanol–water partition coefficient (Wildman–Crippen LogP) is 3.48. The first kappa shape index (κ1) is 30.7. The molecule has 0 aliphatic rings. The van der Waals surface area contributed by atoms with E-state index in [2.05, 4.69) is 41.8 Å². The average Bonchev–Trinajstić information content (AvgIpc) is 3.41. The third kappa shape index (κ3) is 8.10. The van der Waals surface area contributed by atoms with E-state index in [9.17, 15) is 32.3 Å². The molecule has 0 spiro atoms. The van der Waals surface area contributed by atoms with Gasteiger partial charge in [0.2, 0.25) is 0 Å². The van der Waals surface area contributed by atoms with Crippen LogP contribution in [0.2, 0.25) is 0 Å². The Morgan fingerprint density at radius 3 is 2.39 bits per heavy atom. The molecule has 0 saturated heterocycles. The van der Waals surface area contributed by atoms with Crippen molar-refractivity contribution in [2.75, 3.05) is 11.9 Å². The molecule has 13 nitrogen and oxygen atoms in total. The number of alkyl halides is 3. The van der Waals surface area contributed by atoms with Gasteiger partial charge >= 0.3 is 18.3 Å². The molecule has 3 aromatic heterocycles. The molecule has 3 heterocycles. The Hall–Kier alpha value is -4.80. The molecular weight excluding hydrogens is 569 g/mol. The number of anilines is 1. The minimum Gasteiger partial charge on any atom is -0.465 e. The van der Waals surface area contributed by atoms with Gasteiger partial charge in [-0.3, -0.25) is 30.7 Å². The molecule has 0 aliphatic carbocycles. The Labute approximate surface area is 235 Å². The molecule has 6 N–H and O–H groups in total. The van der Waals surface area contributed by atoms with Crippen molar-refractivity contribution in [1.82, 2.24) is 36.4 Å². The number of halogens is 3. The standard InChI is InChI=1S/C24H25F3N8O5S/c1-4-29-22(38)32-17-6-14(21-31-16(10-41-21)24(25,26)27)15(9-30-17)12-5-13(8-28-7-12)19(36)34-35-20(37)18(11(2)3)33-23(39)40/h5-11,18,33H,4H2,1-3H3,(H,34,36)(H,35,37)(H,39,40)(H2,29,30,32,38). The van der Waals surface area contributed by atoms with Crippen molar-refractivity contribution in [3.8, 4) is 21.7 Å². The number of hydrogen-bond acceptors (Lipinski definition) is 8. The van der Waals surface area contributed by atoms with Crippen molar-refractivity contribution in [3.05, 3.63) is 47.4 Å². The normalized spacial score (nSPS) is 11.9. The van der Waals surface area contributed by atoms with Crippen molar-refractivity contribution in [2.24, 2.45) is 5.92 Å². The van der Waals surface area contributed by atoms with Crippen molar-refractivity contribution in [3.63, 3.8) is 0 Å². The zero-order valence-corrected chi connectivity index (χ0v) is 22.6. The molecule has 41 heavy (non-hydrogen) atoms. The van der Waals surface area contributed by atoms with Gasteiger partial charge in [0.05, 0.1) is 5.56 Å². The molecule has 3 aromatic rings. The third-order valence-electron chi connectivity index (χ3n) is 5.35. The van der Waals surface area contributed by atoms with Crippen LogP contribution in [-0.2, 0) is 11.0 Å². The van der Waals surface area contributed by atoms with E-state index in [0.29, 0.717) is 6.54 Å². The largest absolute Gasteiger partial charge is 0.465 e. The first-order valence-corrected chi connectivity index (χ1v) is 12.8. The van der Waals surface area contributed by atoms with Crippen molar-refractivity contribution in [2.45, 2.75) is 33.0 Å². The predicted molar refractivity (Wildman–Crippen MR) is 142 cm³/mol. The quantitative estimate of drug-likeness (QED) is 0.214. The van der Waals surface area contributed by atoms with Crippen LogP contribution in [0.4, 0.5) is 28.6 Å². The minimum atomic E-state index is -4.68. The Bertz CT molecular complexity index is 1450. The van der Waals surface area contributed by atoms with Gasteiger partial charge in [-0.05, 0) is 25.0 Å². The van der Waals surface area contributed by atoms with E-state index >= 15 is 0 Å². The summed E-state index contributed by atoms with van der Waals surface area (Å²) in [5.41, 5.74) is 3.90. The van der Waals surface area contributed by atoms with E-state index in [1.54, 1.807) is 20.8 Å². The first-order chi connectivity index (χ1) is 19.3. The lowest BCUT2D eigenvalue weighted by molar-refractivity contribution is -0.140. The molecule has 0 aromatic carbocycles. The van der Waals surface area contributed by atoms with E-state index in [0.717, 1.165) is 16.7 Å². The summed E-state index contributed by atoms with van der Waals surface area (Å²) in [6, 6.07) is 0.990. The number of carbonyl (C=O) groups is 4. The number of carbonyl (C=O) groups excluding carboxylic acids is 3. The maximum Gasteiger partial charge on any atom is 0.434 e. The van der Waals surface area contributed by atoms with Crippen LogP contribution in [0.25, 0.3) is 21.7 Å². The third-order valence-corrected chi connectivity index (χ3v) is 6.22. The molecule has 0 saturated carbocycles. The second-order valence-electron chi connectivity index (χ2n) is 8.71. The highest BCUT2D eigenvalue weighted by Gasteiger charge is 2.34. The fraction of sp³-hybridized carbons (Fsp3) is 0.292. The number of nitrogens with zero attached hydrogens (tertiary/aromatic N) is 3. The van der Waals surface area contributed by atoms with Crippen molar-refractivity contribution >= 4 is 41.1 Å². The molecule has 0 bridgehead atoms. The molecule has 5 amide bonds. The molecule has 1 atom stereocenters. The van der Waals surface area contributed by atoms with Gasteiger partial charge in [0.15, 0.2) is 5.69 Å². The number of rotatable bonds is 8. The Kier molecular flexibility index (Phi) is 9.77. The second kappa shape index (κ2) is 13.0. The van der Waals surface area contributed by atoms with Crippen LogP contribution in [0.15, 0.2) is 36.1 Å². The van der Waals surface area contributed by atoms with Crippen LogP contribution >= 0.6 is 11.3 Å². The number of carboxylic acid groups (broad SMARTS) is 1. The van der Waals surface area contributed by atoms with Crippen molar-refractivity contribution < 1.29 is 37.5 Å². The number of urea groups is 1. The molecule has 1 unspecified atom stereocenters. The maximum absolute atomic E-state index is 13.3. The maximum atomic E-state index is 13.3. The summed E-state index contributed by atoms with van der Waals surface area (Å²) < 4.78 is 39.8. The van der Waals surface area contributed by atoms with Gasteiger partial charge in [-0.25, -0.2) is 19.6 Å². The van der Waals surface area contributed by atoms with Gasteiger partial charge in [0.25, 0.3) is 11.8 Å². The summed E-state index contributed by atoms with van der Waals surface area (Å²) in [5.74, 6) is -1.99. The van der Waals surface area contributed by atoms with Crippen LogP contribution in [0.5, 0.6) is 0 Å². The minimum absolute atomic E-state index is 0.0264. The SMILES string of the molecule is CCNC(=O)Nc1cc(-c2nc(C(F)(F)F)cs2)c(-c2cncc(C(=O)NNC(=O)C(NC(=O)O)C(C)C)c2)cn1. The summed E-state index contributed by atoms with van der Waals surface area (Å²) >= 11 is 0.725. The van der Waals surface area contributed by atoms with Gasteiger partial charge in [-0.15, -0.1) is 11.3 Å². The Balaban J connectivity index is 1.92. The lowest BCUT2D eigenvalue weighted by Gasteiger charge is -2.20. The van der Waals surface area contributed by atoms with Crippen LogP contribution in [0, 0.1) is 5.92 Å². The van der Waals surface area contributed by atoms with E-state index in [-0.39, 0.29) is 33.1 Å². The number of aromatic nitrogens is 3. The molecule has 3 rings (SSSR count). The van der Waals surface area contributed by atoms with Gasteiger partial charge in [0, 0.05) is 47.2 Å². The summed E-state index contributed by atoms with van der Waals surface area (Å²) in [7, 11) is 0. The lowest BCUT2D eigenvalue weighted by atomic mass is 10.0. The van der Waals surface area contributed by atoms with Crippen molar-refractivity contribution in [1.29, 1.82) is 0 Å².